The van der Waals surface area contributed by atoms with Gasteiger partial charge < -0.3 is 15.0 Å². The van der Waals surface area contributed by atoms with Crippen LogP contribution >= 0.6 is 34.5 Å². The summed E-state index contributed by atoms with van der Waals surface area (Å²) in [6, 6.07) is 16.0. The number of hydrogen-bond acceptors (Lipinski definition) is 8. The first kappa shape index (κ1) is 28.4. The molecule has 1 aromatic heterocycles. The summed E-state index contributed by atoms with van der Waals surface area (Å²) in [6.45, 7) is 4.59. The van der Waals surface area contributed by atoms with Crippen LogP contribution in [0, 0.1) is 0 Å². The van der Waals surface area contributed by atoms with Gasteiger partial charge in [0.25, 0.3) is 15.9 Å². The molecule has 0 radical (unpaired) electrons. The van der Waals surface area contributed by atoms with Crippen LogP contribution in [0.3, 0.4) is 0 Å². The van der Waals surface area contributed by atoms with Crippen molar-refractivity contribution >= 4 is 71.5 Å². The van der Waals surface area contributed by atoms with Gasteiger partial charge in [0, 0.05) is 55.5 Å². The smallest absolute Gasteiger partial charge is 0.261 e. The Kier molecular flexibility index (Phi) is 8.67. The molecule has 1 aliphatic heterocycles. The highest BCUT2D eigenvalue weighted by atomic mass is 35.5. The van der Waals surface area contributed by atoms with Gasteiger partial charge in [0.2, 0.25) is 0 Å². The molecule has 5 rings (SSSR count). The van der Waals surface area contributed by atoms with Crippen molar-refractivity contribution in [1.82, 2.24) is 15.2 Å². The lowest BCUT2D eigenvalue weighted by molar-refractivity contribution is 0.0948. The van der Waals surface area contributed by atoms with Crippen LogP contribution in [0.5, 0.6) is 5.75 Å². The number of rotatable bonds is 9. The second-order valence-electron chi connectivity index (χ2n) is 9.15. The molecule has 1 fully saturated rings. The number of fused-ring (bicyclic) bond motifs is 1. The van der Waals surface area contributed by atoms with E-state index in [1.807, 2.05) is 12.1 Å². The number of ether oxygens (including phenoxy) is 1. The van der Waals surface area contributed by atoms with Gasteiger partial charge in [-0.15, -0.1) is 0 Å². The minimum atomic E-state index is -3.76. The van der Waals surface area contributed by atoms with Gasteiger partial charge in [0.1, 0.15) is 5.52 Å². The molecule has 0 bridgehead atoms. The Hall–Kier alpha value is -3.09. The highest BCUT2D eigenvalue weighted by Crippen LogP contribution is 2.38. The predicted molar refractivity (Wildman–Crippen MR) is 161 cm³/mol. The molecule has 1 amide bonds. The summed E-state index contributed by atoms with van der Waals surface area (Å²) in [5.74, 6) is 0.387. The first-order valence-electron chi connectivity index (χ1n) is 12.5. The minimum absolute atomic E-state index is 0.102. The van der Waals surface area contributed by atoms with Gasteiger partial charge in [0.15, 0.2) is 10.9 Å². The van der Waals surface area contributed by atoms with Crippen LogP contribution in [0.25, 0.3) is 10.2 Å². The highest BCUT2D eigenvalue weighted by Gasteiger charge is 2.21. The summed E-state index contributed by atoms with van der Waals surface area (Å²) in [4.78, 5) is 22.1. The summed E-state index contributed by atoms with van der Waals surface area (Å²) >= 11 is 13.7. The number of methoxy groups -OCH3 is 1. The van der Waals surface area contributed by atoms with Crippen molar-refractivity contribution in [3.8, 4) is 5.75 Å². The van der Waals surface area contributed by atoms with E-state index in [1.54, 1.807) is 42.7 Å². The summed E-state index contributed by atoms with van der Waals surface area (Å²) in [6.07, 6.45) is 0. The maximum absolute atomic E-state index is 12.6. The number of thiazole rings is 1. The number of carbonyl (C=O) groups is 1. The summed E-state index contributed by atoms with van der Waals surface area (Å²) in [5, 5.41) is 4.89. The van der Waals surface area contributed by atoms with E-state index >= 15 is 0 Å². The molecule has 1 aliphatic rings. The van der Waals surface area contributed by atoms with Crippen LogP contribution < -0.4 is 19.7 Å². The average Bonchev–Trinajstić information content (AvgIpc) is 3.38. The minimum Gasteiger partial charge on any atom is -0.493 e. The number of piperazine rings is 1. The maximum atomic E-state index is 12.6. The van der Waals surface area contributed by atoms with E-state index in [2.05, 4.69) is 19.8 Å². The van der Waals surface area contributed by atoms with Crippen molar-refractivity contribution in [3.63, 3.8) is 0 Å². The normalized spacial score (nSPS) is 14.3. The maximum Gasteiger partial charge on any atom is 0.261 e. The van der Waals surface area contributed by atoms with Crippen LogP contribution in [0.4, 0.5) is 10.8 Å². The molecule has 40 heavy (non-hydrogen) atoms. The third kappa shape index (κ3) is 6.45. The number of nitrogens with one attached hydrogen (secondary N) is 2. The number of carbonyl (C=O) groups excluding carboxylic acids is 1. The van der Waals surface area contributed by atoms with Crippen LogP contribution in [0.2, 0.25) is 10.0 Å². The van der Waals surface area contributed by atoms with E-state index in [1.165, 1.54) is 24.3 Å². The first-order chi connectivity index (χ1) is 19.2. The first-order valence-corrected chi connectivity index (χ1v) is 15.6. The van der Waals surface area contributed by atoms with Crippen molar-refractivity contribution in [2.24, 2.45) is 0 Å². The summed E-state index contributed by atoms with van der Waals surface area (Å²) in [5.41, 5.74) is 1.59. The van der Waals surface area contributed by atoms with E-state index in [4.69, 9.17) is 32.9 Å². The Bertz CT molecular complexity index is 1600. The molecule has 2 heterocycles. The third-order valence-corrected chi connectivity index (χ3v) is 9.57. The number of halogens is 2. The summed E-state index contributed by atoms with van der Waals surface area (Å²) in [7, 11) is -2.16. The largest absolute Gasteiger partial charge is 0.493 e. The van der Waals surface area contributed by atoms with Crippen molar-refractivity contribution in [1.29, 1.82) is 0 Å². The topological polar surface area (TPSA) is 104 Å². The zero-order chi connectivity index (χ0) is 28.3. The zero-order valence-corrected chi connectivity index (χ0v) is 24.7. The number of sulfonamides is 1. The molecular weight excluding hydrogens is 593 g/mol. The second kappa shape index (κ2) is 12.2. The summed E-state index contributed by atoms with van der Waals surface area (Å²) < 4.78 is 34.1. The molecule has 0 aliphatic carbocycles. The molecule has 13 heteroatoms. The Morgan fingerprint density at radius 2 is 1.70 bits per heavy atom. The van der Waals surface area contributed by atoms with E-state index in [9.17, 15) is 13.2 Å². The molecule has 210 valence electrons. The van der Waals surface area contributed by atoms with E-state index in [0.29, 0.717) is 33.6 Å². The van der Waals surface area contributed by atoms with Crippen LogP contribution in [-0.2, 0) is 10.0 Å². The number of anilines is 2. The molecule has 0 atom stereocenters. The molecule has 3 aromatic carbocycles. The van der Waals surface area contributed by atoms with Crippen molar-refractivity contribution < 1.29 is 17.9 Å². The number of aromatic nitrogens is 1. The highest BCUT2D eigenvalue weighted by molar-refractivity contribution is 7.92. The van der Waals surface area contributed by atoms with Crippen LogP contribution in [0.15, 0.2) is 65.6 Å². The number of amides is 1. The number of benzene rings is 3. The molecule has 0 spiro atoms. The molecule has 9 nitrogen and oxygen atoms in total. The lowest BCUT2D eigenvalue weighted by Crippen LogP contribution is -2.48. The van der Waals surface area contributed by atoms with Gasteiger partial charge in [-0.2, -0.15) is 0 Å². The van der Waals surface area contributed by atoms with Gasteiger partial charge in [0.05, 0.1) is 21.7 Å². The lowest BCUT2D eigenvalue weighted by atomic mass is 10.2. The van der Waals surface area contributed by atoms with Gasteiger partial charge in [-0.25, -0.2) is 13.4 Å². The Morgan fingerprint density at radius 3 is 2.38 bits per heavy atom. The Morgan fingerprint density at radius 1 is 1.00 bits per heavy atom. The van der Waals surface area contributed by atoms with Gasteiger partial charge in [-0.1, -0.05) is 34.5 Å². The second-order valence-corrected chi connectivity index (χ2v) is 12.7. The Labute approximate surface area is 246 Å². The quantitative estimate of drug-likeness (QED) is 0.273. The molecule has 4 aromatic rings. The molecular formula is C27H27Cl2N5O4S2. The van der Waals surface area contributed by atoms with Crippen molar-refractivity contribution in [3.05, 3.63) is 76.3 Å². The third-order valence-electron chi connectivity index (χ3n) is 6.54. The van der Waals surface area contributed by atoms with Gasteiger partial charge in [-0.05, 0) is 60.7 Å². The van der Waals surface area contributed by atoms with Crippen molar-refractivity contribution in [2.45, 2.75) is 4.90 Å². The molecule has 2 N–H and O–H groups in total. The van der Waals surface area contributed by atoms with Gasteiger partial charge >= 0.3 is 0 Å². The van der Waals surface area contributed by atoms with Crippen LogP contribution in [-0.4, -0.2) is 70.6 Å². The monoisotopic (exact) mass is 619 g/mol. The fraction of sp³-hybridized carbons (Fsp3) is 0.259. The number of hydrogen-bond donors (Lipinski definition) is 2. The number of nitrogens with zero attached hydrogens (tertiary/aromatic N) is 3. The van der Waals surface area contributed by atoms with E-state index in [0.717, 1.165) is 48.1 Å². The van der Waals surface area contributed by atoms with Crippen LogP contribution in [0.1, 0.15) is 10.4 Å². The molecule has 0 unspecified atom stereocenters. The van der Waals surface area contributed by atoms with Gasteiger partial charge in [-0.3, -0.25) is 14.4 Å². The lowest BCUT2D eigenvalue weighted by Gasteiger charge is -2.34. The zero-order valence-electron chi connectivity index (χ0n) is 21.6. The molecule has 0 saturated carbocycles. The standard InChI is InChI=1S/C27H27Cl2N5O4S2/c1-38-25-22(29)10-11-23-24(25)31-27(39-23)34-16-14-33(15-17-34)13-12-30-26(35)18-2-6-20(7-3-18)32-40(36,37)21-8-4-19(28)5-9-21/h2-11,32H,12-17H2,1H3,(H,30,35). The Balaban J connectivity index is 1.08. The van der Waals surface area contributed by atoms with Crippen molar-refractivity contribution in [2.75, 3.05) is 56.0 Å². The van der Waals surface area contributed by atoms with E-state index < -0.39 is 10.0 Å². The fourth-order valence-corrected chi connectivity index (χ4v) is 6.80. The fourth-order valence-electron chi connectivity index (χ4n) is 4.37. The average molecular weight is 621 g/mol. The SMILES string of the molecule is COc1c(Cl)ccc2sc(N3CCN(CCNC(=O)c4ccc(NS(=O)(=O)c5ccc(Cl)cc5)cc4)CC3)nc12. The molecule has 1 saturated heterocycles. The van der Waals surface area contributed by atoms with E-state index in [-0.39, 0.29) is 10.8 Å². The predicted octanol–water partition coefficient (Wildman–Crippen LogP) is 4.96.